The highest BCUT2D eigenvalue weighted by molar-refractivity contribution is 7.98. The molecule has 1 aromatic heterocycles. The Balaban J connectivity index is 2.11. The maximum atomic E-state index is 12.0. The summed E-state index contributed by atoms with van der Waals surface area (Å²) < 4.78 is 1.74. The van der Waals surface area contributed by atoms with Gasteiger partial charge < -0.3 is 15.0 Å². The molecule has 7 heteroatoms. The predicted molar refractivity (Wildman–Crippen MR) is 92.4 cm³/mol. The first-order valence-electron chi connectivity index (χ1n) is 7.32. The summed E-state index contributed by atoms with van der Waals surface area (Å²) in [6.45, 7) is 3.80. The topological polar surface area (TPSA) is 67.2 Å². The Hall–Kier alpha value is -1.50. The van der Waals surface area contributed by atoms with Gasteiger partial charge in [-0.2, -0.15) is 0 Å². The van der Waals surface area contributed by atoms with E-state index in [4.69, 9.17) is 11.6 Å². The molecule has 0 aliphatic rings. The van der Waals surface area contributed by atoms with Crippen molar-refractivity contribution in [2.45, 2.75) is 44.0 Å². The number of halogens is 1. The molecule has 2 aromatic rings. The molecule has 0 aliphatic carbocycles. The number of nitrogens with zero attached hydrogens (tertiary/aromatic N) is 2. The predicted octanol–water partition coefficient (Wildman–Crippen LogP) is 2.85. The summed E-state index contributed by atoms with van der Waals surface area (Å²) in [4.78, 5) is 16.3. The van der Waals surface area contributed by atoms with Crippen LogP contribution in [0.25, 0.3) is 0 Å². The highest BCUT2D eigenvalue weighted by atomic mass is 35.5. The highest BCUT2D eigenvalue weighted by Gasteiger charge is 2.14. The number of benzene rings is 1. The van der Waals surface area contributed by atoms with Gasteiger partial charge in [0.25, 0.3) is 0 Å². The van der Waals surface area contributed by atoms with Crippen LogP contribution in [0.15, 0.2) is 35.6 Å². The summed E-state index contributed by atoms with van der Waals surface area (Å²) >= 11 is 7.65. The molecule has 2 rings (SSSR count). The molecule has 5 nitrogen and oxygen atoms in total. The van der Waals surface area contributed by atoms with E-state index in [0.717, 1.165) is 5.56 Å². The molecule has 0 saturated heterocycles. The van der Waals surface area contributed by atoms with Gasteiger partial charge in [-0.05, 0) is 25.5 Å². The Morgan fingerprint density at radius 3 is 2.83 bits per heavy atom. The van der Waals surface area contributed by atoms with E-state index in [1.165, 1.54) is 11.8 Å². The van der Waals surface area contributed by atoms with Gasteiger partial charge in [0.1, 0.15) is 6.54 Å². The molecule has 0 bridgehead atoms. The first kappa shape index (κ1) is 17.8. The van der Waals surface area contributed by atoms with Crippen LogP contribution in [0.2, 0.25) is 5.02 Å². The van der Waals surface area contributed by atoms with E-state index >= 15 is 0 Å². The minimum atomic E-state index is -0.158. The molecule has 1 heterocycles. The third-order valence-electron chi connectivity index (χ3n) is 3.13. The standard InChI is InChI=1S/C16H20ClN3O2S/c1-11(2)19-15(22)8-20-13(9-21)7-18-16(20)23-10-12-5-3-4-6-14(12)17/h3-7,11,21H,8-10H2,1-2H3,(H,19,22). The van der Waals surface area contributed by atoms with Crippen molar-refractivity contribution in [3.05, 3.63) is 46.7 Å². The largest absolute Gasteiger partial charge is 0.390 e. The van der Waals surface area contributed by atoms with Crippen molar-refractivity contribution in [2.24, 2.45) is 0 Å². The molecule has 23 heavy (non-hydrogen) atoms. The molecular weight excluding hydrogens is 334 g/mol. The number of aromatic nitrogens is 2. The zero-order valence-corrected chi connectivity index (χ0v) is 14.7. The Morgan fingerprint density at radius 1 is 1.43 bits per heavy atom. The SMILES string of the molecule is CC(C)NC(=O)Cn1c(CO)cnc1SCc1ccccc1Cl. The average molecular weight is 354 g/mol. The normalized spacial score (nSPS) is 11.0. The summed E-state index contributed by atoms with van der Waals surface area (Å²) in [5.41, 5.74) is 1.62. The van der Waals surface area contributed by atoms with Crippen LogP contribution in [-0.4, -0.2) is 26.6 Å². The van der Waals surface area contributed by atoms with Gasteiger partial charge in [-0.25, -0.2) is 4.98 Å². The van der Waals surface area contributed by atoms with Crippen LogP contribution in [0.5, 0.6) is 0 Å². The number of nitrogens with one attached hydrogen (secondary N) is 1. The van der Waals surface area contributed by atoms with Crippen LogP contribution in [0.3, 0.4) is 0 Å². The van der Waals surface area contributed by atoms with Crippen LogP contribution < -0.4 is 5.32 Å². The van der Waals surface area contributed by atoms with E-state index in [1.807, 2.05) is 38.1 Å². The van der Waals surface area contributed by atoms with E-state index in [-0.39, 0.29) is 25.1 Å². The van der Waals surface area contributed by atoms with Gasteiger partial charge in [0.2, 0.25) is 5.91 Å². The molecule has 0 aliphatic heterocycles. The molecule has 0 fully saturated rings. The fourth-order valence-corrected chi connectivity index (χ4v) is 3.35. The Bertz CT molecular complexity index is 673. The first-order chi connectivity index (χ1) is 11.0. The van der Waals surface area contributed by atoms with E-state index in [0.29, 0.717) is 21.6 Å². The number of hydrogen-bond donors (Lipinski definition) is 2. The van der Waals surface area contributed by atoms with Crippen LogP contribution >= 0.6 is 23.4 Å². The molecule has 124 valence electrons. The molecule has 0 radical (unpaired) electrons. The number of aliphatic hydroxyl groups excluding tert-OH is 1. The van der Waals surface area contributed by atoms with Crippen molar-refractivity contribution in [1.82, 2.24) is 14.9 Å². The number of aliphatic hydroxyl groups is 1. The third kappa shape index (κ3) is 4.99. The van der Waals surface area contributed by atoms with Gasteiger partial charge in [0, 0.05) is 16.8 Å². The monoisotopic (exact) mass is 353 g/mol. The molecule has 0 spiro atoms. The van der Waals surface area contributed by atoms with Crippen molar-refractivity contribution >= 4 is 29.3 Å². The second-order valence-corrected chi connectivity index (χ2v) is 6.73. The summed E-state index contributed by atoms with van der Waals surface area (Å²) in [6, 6.07) is 7.70. The van der Waals surface area contributed by atoms with Gasteiger partial charge >= 0.3 is 0 Å². The fraction of sp³-hybridized carbons (Fsp3) is 0.375. The molecule has 0 atom stereocenters. The number of hydrogen-bond acceptors (Lipinski definition) is 4. The quantitative estimate of drug-likeness (QED) is 0.751. The van der Waals surface area contributed by atoms with Crippen LogP contribution in [-0.2, 0) is 23.7 Å². The number of thioether (sulfide) groups is 1. The van der Waals surface area contributed by atoms with Gasteiger partial charge in [0.15, 0.2) is 5.16 Å². The van der Waals surface area contributed by atoms with Crippen LogP contribution in [0, 0.1) is 0 Å². The van der Waals surface area contributed by atoms with Crippen molar-refractivity contribution in [2.75, 3.05) is 0 Å². The van der Waals surface area contributed by atoms with Gasteiger partial charge in [-0.3, -0.25) is 4.79 Å². The maximum Gasteiger partial charge on any atom is 0.240 e. The summed E-state index contributed by atoms with van der Waals surface area (Å²) in [7, 11) is 0. The Morgan fingerprint density at radius 2 is 2.17 bits per heavy atom. The second-order valence-electron chi connectivity index (χ2n) is 5.38. The highest BCUT2D eigenvalue weighted by Crippen LogP contribution is 2.26. The second kappa shape index (κ2) is 8.38. The Labute approximate surface area is 145 Å². The molecule has 1 amide bonds. The molecule has 1 aromatic carbocycles. The van der Waals surface area contributed by atoms with Gasteiger partial charge in [0.05, 0.1) is 18.5 Å². The van der Waals surface area contributed by atoms with Crippen molar-refractivity contribution in [3.63, 3.8) is 0 Å². The average Bonchev–Trinajstić information content (AvgIpc) is 2.87. The number of imidazole rings is 1. The summed E-state index contributed by atoms with van der Waals surface area (Å²) in [5.74, 6) is 0.542. The maximum absolute atomic E-state index is 12.0. The minimum absolute atomic E-state index is 0.0721. The fourth-order valence-electron chi connectivity index (χ4n) is 2.07. The smallest absolute Gasteiger partial charge is 0.240 e. The first-order valence-corrected chi connectivity index (χ1v) is 8.68. The summed E-state index contributed by atoms with van der Waals surface area (Å²) in [6.07, 6.45) is 1.59. The van der Waals surface area contributed by atoms with E-state index in [2.05, 4.69) is 10.3 Å². The lowest BCUT2D eigenvalue weighted by atomic mass is 10.2. The zero-order valence-electron chi connectivity index (χ0n) is 13.1. The summed E-state index contributed by atoms with van der Waals surface area (Å²) in [5, 5.41) is 13.7. The minimum Gasteiger partial charge on any atom is -0.390 e. The van der Waals surface area contributed by atoms with Crippen molar-refractivity contribution in [1.29, 1.82) is 0 Å². The lowest BCUT2D eigenvalue weighted by molar-refractivity contribution is -0.122. The number of amides is 1. The Kier molecular flexibility index (Phi) is 6.50. The van der Waals surface area contributed by atoms with E-state index in [9.17, 15) is 9.90 Å². The lowest BCUT2D eigenvalue weighted by Crippen LogP contribution is -2.33. The molecule has 2 N–H and O–H groups in total. The third-order valence-corrected chi connectivity index (χ3v) is 4.54. The lowest BCUT2D eigenvalue weighted by Gasteiger charge is -2.13. The molecule has 0 unspecified atom stereocenters. The van der Waals surface area contributed by atoms with Gasteiger partial charge in [-0.15, -0.1) is 0 Å². The van der Waals surface area contributed by atoms with Crippen molar-refractivity contribution < 1.29 is 9.90 Å². The molecular formula is C16H20ClN3O2S. The van der Waals surface area contributed by atoms with Crippen LogP contribution in [0.4, 0.5) is 0 Å². The van der Waals surface area contributed by atoms with Crippen molar-refractivity contribution in [3.8, 4) is 0 Å². The van der Waals surface area contributed by atoms with E-state index < -0.39 is 0 Å². The van der Waals surface area contributed by atoms with Crippen LogP contribution in [0.1, 0.15) is 25.1 Å². The van der Waals surface area contributed by atoms with Gasteiger partial charge in [-0.1, -0.05) is 41.6 Å². The molecule has 0 saturated carbocycles. The number of rotatable bonds is 7. The zero-order chi connectivity index (χ0) is 16.8. The van der Waals surface area contributed by atoms with E-state index in [1.54, 1.807) is 10.8 Å². The number of carbonyl (C=O) groups excluding carboxylic acids is 1. The number of carbonyl (C=O) groups is 1.